The van der Waals surface area contributed by atoms with Gasteiger partial charge in [-0.15, -0.1) is 0 Å². The van der Waals surface area contributed by atoms with Crippen LogP contribution in [-0.2, 0) is 0 Å². The van der Waals surface area contributed by atoms with E-state index in [1.807, 2.05) is 0 Å². The van der Waals surface area contributed by atoms with Gasteiger partial charge in [0.1, 0.15) is 5.69 Å². The first-order valence-corrected chi connectivity index (χ1v) is 15.5. The minimum absolute atomic E-state index is 0.0772. The number of rotatable bonds is 4. The van der Waals surface area contributed by atoms with Crippen LogP contribution in [0.2, 0.25) is 0 Å². The third-order valence-corrected chi connectivity index (χ3v) is 14.2. The van der Waals surface area contributed by atoms with Crippen molar-refractivity contribution in [3.63, 3.8) is 0 Å². The van der Waals surface area contributed by atoms with Crippen LogP contribution in [0, 0.1) is 56.7 Å². The molecule has 0 saturated heterocycles. The van der Waals surface area contributed by atoms with Gasteiger partial charge in [0.05, 0.1) is 5.69 Å². The minimum atomic E-state index is -0.958. The van der Waals surface area contributed by atoms with Crippen LogP contribution in [0.3, 0.4) is 0 Å². The molecular weight excluding hydrogens is 484 g/mol. The van der Waals surface area contributed by atoms with Gasteiger partial charge in [-0.3, -0.25) is 5.10 Å². The van der Waals surface area contributed by atoms with Crippen LogP contribution in [0.4, 0.5) is 0 Å². The molecule has 0 spiro atoms. The van der Waals surface area contributed by atoms with Gasteiger partial charge in [0.15, 0.2) is 0 Å². The summed E-state index contributed by atoms with van der Waals surface area (Å²) in [4.78, 5) is 11.5. The molecule has 0 aromatic carbocycles. The van der Waals surface area contributed by atoms with Gasteiger partial charge in [0, 0.05) is 6.61 Å². The molecule has 9 atom stereocenters. The normalized spacial score (nSPS) is 46.3. The van der Waals surface area contributed by atoms with Gasteiger partial charge in [-0.2, -0.15) is 5.10 Å². The van der Waals surface area contributed by atoms with Gasteiger partial charge in [0.25, 0.3) is 0 Å². The van der Waals surface area contributed by atoms with E-state index in [9.17, 15) is 15.0 Å². The van der Waals surface area contributed by atoms with Crippen molar-refractivity contribution in [2.75, 3.05) is 6.61 Å². The third-order valence-electron chi connectivity index (χ3n) is 14.2. The monoisotopic (exact) mass is 534 g/mol. The summed E-state index contributed by atoms with van der Waals surface area (Å²) in [6, 6.07) is 1.72. The Bertz CT molecular complexity index is 1230. The van der Waals surface area contributed by atoms with Crippen molar-refractivity contribution in [2.45, 2.75) is 99.3 Å². The highest BCUT2D eigenvalue weighted by molar-refractivity contribution is 5.86. The summed E-state index contributed by atoms with van der Waals surface area (Å²) >= 11 is 0. The fourth-order valence-electron chi connectivity index (χ4n) is 12.2. The number of H-pyrrole nitrogens is 1. The Kier molecular flexibility index (Phi) is 6.00. The van der Waals surface area contributed by atoms with E-state index < -0.39 is 5.97 Å². The predicted octanol–water partition coefficient (Wildman–Crippen LogP) is 7.75. The number of nitrogens with zero attached hydrogens (tertiary/aromatic N) is 1. The van der Waals surface area contributed by atoms with E-state index in [1.54, 1.807) is 6.07 Å². The van der Waals surface area contributed by atoms with Crippen LogP contribution in [0.1, 0.15) is 116 Å². The molecule has 1 aromatic heterocycles. The van der Waals surface area contributed by atoms with Gasteiger partial charge < -0.3 is 10.2 Å². The SMILES string of the molecule is C=C(C)C1CCC2(CO)CCC3(C)C(CCC4C5(C)CC=C(c6cc(C(=O)O)[nH]n6)C(C)(C)C5CCC43C)C12. The number of fused-ring (bicyclic) bond motifs is 7. The summed E-state index contributed by atoms with van der Waals surface area (Å²) in [6.07, 6.45) is 13.2. The third kappa shape index (κ3) is 3.41. The largest absolute Gasteiger partial charge is 0.477 e. The zero-order valence-electron chi connectivity index (χ0n) is 25.1. The van der Waals surface area contributed by atoms with E-state index in [0.29, 0.717) is 36.2 Å². The first kappa shape index (κ1) is 27.3. The second-order valence-corrected chi connectivity index (χ2v) is 15.7. The molecule has 6 rings (SSSR count). The van der Waals surface area contributed by atoms with E-state index in [1.165, 1.54) is 49.7 Å². The molecule has 0 bridgehead atoms. The van der Waals surface area contributed by atoms with Crippen molar-refractivity contribution >= 4 is 11.5 Å². The fraction of sp³-hybridized carbons (Fsp3) is 0.765. The van der Waals surface area contributed by atoms with Crippen LogP contribution in [0.15, 0.2) is 24.3 Å². The van der Waals surface area contributed by atoms with Gasteiger partial charge in [-0.25, -0.2) is 4.79 Å². The van der Waals surface area contributed by atoms with Crippen molar-refractivity contribution in [1.29, 1.82) is 0 Å². The number of aromatic nitrogens is 2. The molecule has 1 heterocycles. The van der Waals surface area contributed by atoms with Crippen molar-refractivity contribution in [3.05, 3.63) is 35.7 Å². The van der Waals surface area contributed by atoms with E-state index in [-0.39, 0.29) is 32.8 Å². The predicted molar refractivity (Wildman–Crippen MR) is 155 cm³/mol. The molecule has 4 saturated carbocycles. The lowest BCUT2D eigenvalue weighted by atomic mass is 9.32. The van der Waals surface area contributed by atoms with Gasteiger partial charge in [-0.05, 0) is 133 Å². The minimum Gasteiger partial charge on any atom is -0.477 e. The molecule has 0 radical (unpaired) electrons. The Balaban J connectivity index is 1.37. The molecule has 39 heavy (non-hydrogen) atoms. The van der Waals surface area contributed by atoms with Gasteiger partial charge in [0.2, 0.25) is 0 Å². The average Bonchev–Trinajstić information content (AvgIpc) is 3.50. The number of aromatic amines is 1. The molecule has 5 aliphatic rings. The molecule has 214 valence electrons. The summed E-state index contributed by atoms with van der Waals surface area (Å²) in [6.45, 7) is 19.7. The van der Waals surface area contributed by atoms with Crippen molar-refractivity contribution in [1.82, 2.24) is 10.2 Å². The zero-order chi connectivity index (χ0) is 28.2. The van der Waals surface area contributed by atoms with Crippen LogP contribution in [-0.4, -0.2) is 33.0 Å². The van der Waals surface area contributed by atoms with Crippen molar-refractivity contribution in [2.24, 2.45) is 56.7 Å². The van der Waals surface area contributed by atoms with E-state index in [0.717, 1.165) is 25.0 Å². The van der Waals surface area contributed by atoms with Crippen LogP contribution < -0.4 is 0 Å². The number of aliphatic hydroxyl groups excluding tert-OH is 1. The topological polar surface area (TPSA) is 86.2 Å². The first-order chi connectivity index (χ1) is 18.2. The molecule has 5 nitrogen and oxygen atoms in total. The summed E-state index contributed by atoms with van der Waals surface area (Å²) < 4.78 is 0. The first-order valence-electron chi connectivity index (χ1n) is 15.5. The summed E-state index contributed by atoms with van der Waals surface area (Å²) in [7, 11) is 0. The molecule has 4 fully saturated rings. The Morgan fingerprint density at radius 1 is 1.03 bits per heavy atom. The standard InChI is InChI=1S/C34H50N2O3/c1-20(2)21-10-15-34(19-37)17-16-32(6)23(28(21)34)8-9-27-31(5)13-11-22(24-18-25(29(38)39)36-35-24)30(3,4)26(31)12-14-33(27,32)7/h11,18,21,23,26-28,37H,1,8-10,12-17,19H2,2-7H3,(H,35,36)(H,38,39). The number of carboxylic acids is 1. The Hall–Kier alpha value is -1.88. The second kappa shape index (κ2) is 8.57. The number of hydrogen-bond donors (Lipinski definition) is 3. The molecular formula is C34H50N2O3. The van der Waals surface area contributed by atoms with E-state index in [2.05, 4.69) is 64.4 Å². The van der Waals surface area contributed by atoms with Crippen molar-refractivity contribution < 1.29 is 15.0 Å². The maximum absolute atomic E-state index is 11.5. The number of nitrogens with one attached hydrogen (secondary N) is 1. The van der Waals surface area contributed by atoms with Crippen LogP contribution >= 0.6 is 0 Å². The highest BCUT2D eigenvalue weighted by Gasteiger charge is 2.70. The number of aromatic carboxylic acids is 1. The summed E-state index contributed by atoms with van der Waals surface area (Å²) in [5.41, 5.74) is 4.27. The lowest BCUT2D eigenvalue weighted by Crippen LogP contribution is -2.65. The second-order valence-electron chi connectivity index (χ2n) is 15.7. The number of carboxylic acid groups (broad SMARTS) is 1. The van der Waals surface area contributed by atoms with Crippen molar-refractivity contribution in [3.8, 4) is 0 Å². The number of hydrogen-bond acceptors (Lipinski definition) is 3. The average molecular weight is 535 g/mol. The molecule has 0 aliphatic heterocycles. The summed E-state index contributed by atoms with van der Waals surface area (Å²) in [5, 5.41) is 27.4. The smallest absolute Gasteiger partial charge is 0.353 e. The number of carbonyl (C=O) groups is 1. The van der Waals surface area contributed by atoms with Crippen LogP contribution in [0.5, 0.6) is 0 Å². The number of aliphatic hydroxyl groups is 1. The molecule has 1 aromatic rings. The highest BCUT2D eigenvalue weighted by Crippen LogP contribution is 2.77. The van der Waals surface area contributed by atoms with Crippen LogP contribution in [0.25, 0.3) is 5.57 Å². The Morgan fingerprint density at radius 2 is 1.77 bits per heavy atom. The lowest BCUT2D eigenvalue weighted by molar-refractivity contribution is -0.228. The molecule has 5 heteroatoms. The van der Waals surface area contributed by atoms with E-state index >= 15 is 0 Å². The number of allylic oxidation sites excluding steroid dienone is 3. The highest BCUT2D eigenvalue weighted by atomic mass is 16.4. The van der Waals surface area contributed by atoms with E-state index in [4.69, 9.17) is 0 Å². The molecule has 5 aliphatic carbocycles. The van der Waals surface area contributed by atoms with Gasteiger partial charge >= 0.3 is 5.97 Å². The Labute approximate surface area is 234 Å². The summed E-state index contributed by atoms with van der Waals surface area (Å²) in [5.74, 6) is 2.01. The molecule has 3 N–H and O–H groups in total. The molecule has 9 unspecified atom stereocenters. The Morgan fingerprint density at radius 3 is 2.41 bits per heavy atom. The molecule has 0 amide bonds. The lowest BCUT2D eigenvalue weighted by Gasteiger charge is -2.72. The fourth-order valence-corrected chi connectivity index (χ4v) is 12.2. The maximum Gasteiger partial charge on any atom is 0.353 e. The van der Waals surface area contributed by atoms with Gasteiger partial charge in [-0.1, -0.05) is 52.8 Å². The quantitative estimate of drug-likeness (QED) is 0.345. The maximum atomic E-state index is 11.5. The zero-order valence-corrected chi connectivity index (χ0v) is 25.1.